The van der Waals surface area contributed by atoms with E-state index in [0.717, 1.165) is 19.4 Å². The maximum absolute atomic E-state index is 9.79. The Morgan fingerprint density at radius 3 is 0.780 bits per heavy atom. The van der Waals surface area contributed by atoms with Gasteiger partial charge >= 0.3 is 131 Å². The first kappa shape index (κ1) is 73.6. The minimum atomic E-state index is -3.99. The van der Waals surface area contributed by atoms with Crippen LogP contribution in [0.4, 0.5) is 0 Å². The molecule has 0 radical (unpaired) electrons. The molecule has 236 valence electrons. The maximum Gasteiger partial charge on any atom is 1.00 e. The smallest absolute Gasteiger partial charge is 0.748 e. The summed E-state index contributed by atoms with van der Waals surface area (Å²) in [6.45, 7) is 11.9. The zero-order chi connectivity index (χ0) is 33.0. The Bertz CT molecular complexity index is 971. The van der Waals surface area contributed by atoms with Crippen LogP contribution in [0.1, 0.15) is 39.5 Å². The third-order valence-corrected chi connectivity index (χ3v) is 3.06. The monoisotopic (exact) mass is 752 g/mol. The molecule has 5 N–H and O–H groups in total. The molecule has 0 saturated carbocycles. The fourth-order valence-electron chi connectivity index (χ4n) is 0.435. The maximum atomic E-state index is 9.79. The molecule has 0 amide bonds. The quantitative estimate of drug-likeness (QED) is 0.129. The number of nitrogens with two attached hydrogens (primary N) is 2. The molecule has 0 aliphatic heterocycles. The second-order valence-electron chi connectivity index (χ2n) is 4.65. The molecular weight excluding hydrogens is 722 g/mol. The van der Waals surface area contributed by atoms with Crippen molar-refractivity contribution >= 4 is 62.7 Å². The zero-order valence-corrected chi connectivity index (χ0v) is 34.0. The molecule has 41 heavy (non-hydrogen) atoms. The molecule has 0 fully saturated rings. The van der Waals surface area contributed by atoms with Gasteiger partial charge in [0.2, 0.25) is 0 Å². The molecule has 0 spiro atoms. The van der Waals surface area contributed by atoms with Gasteiger partial charge in [-0.25, -0.2) is 8.42 Å². The van der Waals surface area contributed by atoms with Gasteiger partial charge in [0.05, 0.1) is 15.9 Å². The molecular formula is C12H31N2Na3O18S6. The molecule has 0 atom stereocenters. The summed E-state index contributed by atoms with van der Waals surface area (Å²) in [5.41, 5.74) is 9.99. The Morgan fingerprint density at radius 1 is 0.585 bits per heavy atom. The summed E-state index contributed by atoms with van der Waals surface area (Å²) in [5.74, 6) is -0.486. The molecule has 0 saturated heterocycles. The van der Waals surface area contributed by atoms with Gasteiger partial charge in [-0.1, -0.05) is 13.8 Å². The summed E-state index contributed by atoms with van der Waals surface area (Å²) in [7, 11) is -20.1. The van der Waals surface area contributed by atoms with E-state index in [1.165, 1.54) is 0 Å². The van der Waals surface area contributed by atoms with E-state index < -0.39 is 62.7 Å². The van der Waals surface area contributed by atoms with Crippen LogP contribution >= 0.6 is 0 Å². The molecule has 0 bridgehead atoms. The van der Waals surface area contributed by atoms with Crippen LogP contribution < -0.4 is 100 Å². The summed E-state index contributed by atoms with van der Waals surface area (Å²) in [4.78, 5) is 0. The van der Waals surface area contributed by atoms with Crippen molar-refractivity contribution in [2.75, 3.05) is 24.6 Å². The fraction of sp³-hybridized carbons (Fsp3) is 0.833. The van der Waals surface area contributed by atoms with Crippen LogP contribution in [0.15, 0.2) is 0 Å². The molecule has 0 unspecified atom stereocenters. The van der Waals surface area contributed by atoms with E-state index in [1.54, 1.807) is 6.92 Å². The van der Waals surface area contributed by atoms with Crippen molar-refractivity contribution in [2.24, 2.45) is 11.5 Å². The molecule has 29 heteroatoms. The van der Waals surface area contributed by atoms with E-state index in [2.05, 4.69) is 20.8 Å². The minimum absolute atomic E-state index is 0. The third-order valence-electron chi connectivity index (χ3n) is 1.35. The van der Waals surface area contributed by atoms with Crippen LogP contribution in [0.5, 0.6) is 0 Å². The molecule has 0 aliphatic carbocycles. The molecule has 20 nitrogen and oxygen atoms in total. The van der Waals surface area contributed by atoms with Gasteiger partial charge in [0.1, 0.15) is 0 Å². The van der Waals surface area contributed by atoms with Crippen molar-refractivity contribution in [3.63, 3.8) is 0 Å². The third kappa shape index (κ3) is 504. The van der Waals surface area contributed by atoms with Crippen molar-refractivity contribution in [2.45, 2.75) is 39.5 Å². The van der Waals surface area contributed by atoms with Crippen molar-refractivity contribution in [3.8, 4) is 0 Å². The minimum Gasteiger partial charge on any atom is -0.748 e. The second kappa shape index (κ2) is 60.4. The Balaban J connectivity index is -0.0000000280. The Labute approximate surface area is 313 Å². The molecule has 0 aromatic rings. The molecule has 0 rings (SSSR count). The standard InChI is InChI=1S/C3H9N.C3H8N.C3H8O3S.C3H7O3S.3Na.4O3S/c2*1-2-3-4;2*1-2-3-7(4,5)6;;;;4*1-4(2)3/h2-4H2,1H3;1-4H2;2-3H2,1H3,(H,4,5,6);1-3H2,(H,4,5,6);;;;;;;/q;-1;;-1;3*+1;;;;/p-1. The first-order valence-corrected chi connectivity index (χ1v) is 16.0. The van der Waals surface area contributed by atoms with E-state index in [4.69, 9.17) is 66.5 Å². The van der Waals surface area contributed by atoms with Crippen LogP contribution in [0, 0.1) is 13.8 Å². The Hall–Kier alpha value is 1.22. The predicted molar refractivity (Wildman–Crippen MR) is 128 cm³/mol. The SMILES string of the molecule is CCCN.CCCS(=O)(=O)O.O=S(=O)=O.O=S(=O)=O.O=S(=O)=O.O=S(=O)=O.[CH2-]CCN.[CH2-]CCS(=O)(=O)[O-].[Na+].[Na+].[Na+]. The van der Waals surface area contributed by atoms with Gasteiger partial charge in [0.15, 0.2) is 0 Å². The Morgan fingerprint density at radius 2 is 0.780 bits per heavy atom. The van der Waals surface area contributed by atoms with Gasteiger partial charge in [0, 0.05) is 5.75 Å². The molecule has 0 aliphatic rings. The second-order valence-corrected chi connectivity index (χ2v) is 9.38. The average Bonchev–Trinajstić information content (AvgIpc) is 2.65. The number of hydrogen-bond donors (Lipinski definition) is 3. The van der Waals surface area contributed by atoms with Crippen LogP contribution in [0.2, 0.25) is 0 Å². The van der Waals surface area contributed by atoms with Crippen molar-refractivity contribution in [1.82, 2.24) is 0 Å². The van der Waals surface area contributed by atoms with Gasteiger partial charge in [0.25, 0.3) is 10.1 Å². The zero-order valence-electron chi connectivity index (χ0n) is 23.1. The largest absolute Gasteiger partial charge is 1.00 e. The molecule has 0 aromatic heterocycles. The van der Waals surface area contributed by atoms with Crippen LogP contribution in [-0.4, -0.2) is 101 Å². The predicted octanol–water partition coefficient (Wildman–Crippen LogP) is -12.4. The van der Waals surface area contributed by atoms with Gasteiger partial charge in [-0.2, -0.15) is 21.3 Å². The summed E-state index contributed by atoms with van der Waals surface area (Å²) in [6.07, 6.45) is 2.57. The fourth-order valence-corrected chi connectivity index (χ4v) is 1.30. The number of rotatable bonds is 6. The summed E-state index contributed by atoms with van der Waals surface area (Å²) < 4.78 is 158. The van der Waals surface area contributed by atoms with Gasteiger partial charge < -0.3 is 29.9 Å². The van der Waals surface area contributed by atoms with E-state index in [1.807, 2.05) is 0 Å². The van der Waals surface area contributed by atoms with Crippen LogP contribution in [-0.2, 0) is 62.7 Å². The normalized spacial score (nSPS) is 7.80. The van der Waals surface area contributed by atoms with Crippen molar-refractivity contribution in [3.05, 3.63) is 13.8 Å². The topological polar surface area (TPSA) is 368 Å². The van der Waals surface area contributed by atoms with Gasteiger partial charge in [-0.05, 0) is 25.9 Å². The van der Waals surface area contributed by atoms with E-state index in [0.29, 0.717) is 13.0 Å². The first-order chi connectivity index (χ1) is 16.9. The summed E-state index contributed by atoms with van der Waals surface area (Å²) >= 11 is 0. The molecule has 0 aromatic carbocycles. The van der Waals surface area contributed by atoms with E-state index in [9.17, 15) is 21.4 Å². The van der Waals surface area contributed by atoms with Gasteiger partial charge in [-0.3, -0.25) is 4.55 Å². The first-order valence-electron chi connectivity index (χ1n) is 8.82. The molecule has 0 heterocycles. The van der Waals surface area contributed by atoms with Gasteiger partial charge in [-0.15, -0.1) is 50.5 Å². The summed E-state index contributed by atoms with van der Waals surface area (Å²) in [6, 6.07) is 0. The van der Waals surface area contributed by atoms with E-state index in [-0.39, 0.29) is 107 Å². The van der Waals surface area contributed by atoms with E-state index >= 15 is 0 Å². The number of hydrogen-bond acceptors (Lipinski definition) is 19. The van der Waals surface area contributed by atoms with Crippen molar-refractivity contribution < 1.29 is 165 Å². The Kier molecular flexibility index (Phi) is 108. The van der Waals surface area contributed by atoms with Crippen LogP contribution in [0.3, 0.4) is 0 Å². The average molecular weight is 753 g/mol. The van der Waals surface area contributed by atoms with Crippen LogP contribution in [0.25, 0.3) is 0 Å². The van der Waals surface area contributed by atoms with Crippen molar-refractivity contribution in [1.29, 1.82) is 0 Å². The summed E-state index contributed by atoms with van der Waals surface area (Å²) in [5, 5.41) is 0.